The van der Waals surface area contributed by atoms with Crippen LogP contribution in [0.4, 0.5) is 0 Å². The van der Waals surface area contributed by atoms with Crippen LogP contribution in [0.1, 0.15) is 5.82 Å². The molecular formula is C11H9ClN4O2S. The van der Waals surface area contributed by atoms with Crippen LogP contribution in [0, 0.1) is 0 Å². The van der Waals surface area contributed by atoms with Crippen molar-refractivity contribution in [2.75, 3.05) is 11.2 Å². The number of amides is 1. The third-order valence-electron chi connectivity index (χ3n) is 2.45. The molecule has 6 nitrogen and oxygen atoms in total. The zero-order valence-corrected chi connectivity index (χ0v) is 11.2. The number of carbonyl (C=O) groups is 1. The molecule has 0 spiro atoms. The maximum absolute atomic E-state index is 11.3. The molecule has 1 N–H and O–H groups in total. The van der Waals surface area contributed by atoms with Crippen molar-refractivity contribution >= 4 is 29.3 Å². The van der Waals surface area contributed by atoms with Gasteiger partial charge in [-0.25, -0.2) is 4.68 Å². The zero-order chi connectivity index (χ0) is 13.2. The Morgan fingerprint density at radius 1 is 1.37 bits per heavy atom. The van der Waals surface area contributed by atoms with Crippen molar-refractivity contribution in [3.05, 3.63) is 35.1 Å². The molecule has 19 heavy (non-hydrogen) atoms. The van der Waals surface area contributed by atoms with E-state index in [0.717, 1.165) is 0 Å². The first-order valence-electron chi connectivity index (χ1n) is 5.48. The van der Waals surface area contributed by atoms with Crippen LogP contribution >= 0.6 is 23.4 Å². The van der Waals surface area contributed by atoms with Crippen molar-refractivity contribution in [3.8, 4) is 5.75 Å². The van der Waals surface area contributed by atoms with Crippen molar-refractivity contribution in [2.45, 2.75) is 11.8 Å². The number of rotatable bonds is 3. The molecule has 0 bridgehead atoms. The Morgan fingerprint density at radius 2 is 2.16 bits per heavy atom. The minimum atomic E-state index is -0.0787. The number of nitrogens with one attached hydrogen (secondary N) is 1. The Labute approximate surface area is 118 Å². The summed E-state index contributed by atoms with van der Waals surface area (Å²) < 4.78 is 7.11. The summed E-state index contributed by atoms with van der Waals surface area (Å²) in [5, 5.41) is 9.28. The highest BCUT2D eigenvalue weighted by molar-refractivity contribution is 7.99. The maximum Gasteiger partial charge on any atom is 0.249 e. The number of aromatic nitrogens is 3. The number of halogens is 1. The number of thioether (sulfide) groups is 1. The van der Waals surface area contributed by atoms with Gasteiger partial charge in [-0.2, -0.15) is 0 Å². The standard InChI is InChI=1S/C11H9ClN4O2S/c12-7-1-3-8(4-2-7)18-5-9-13-14-11-16(9)15-10(17)6-19-11/h1-4H,5-6H2,(H,15,17). The highest BCUT2D eigenvalue weighted by Gasteiger charge is 2.20. The monoisotopic (exact) mass is 296 g/mol. The summed E-state index contributed by atoms with van der Waals surface area (Å²) in [5.41, 5.74) is 2.68. The predicted octanol–water partition coefficient (Wildman–Crippen LogP) is 1.69. The SMILES string of the molecule is O=C1CSc2nnc(COc3ccc(Cl)cc3)n2N1. The second-order valence-corrected chi connectivity index (χ2v) is 5.18. The van der Waals surface area contributed by atoms with Gasteiger partial charge < -0.3 is 4.74 Å². The van der Waals surface area contributed by atoms with E-state index >= 15 is 0 Å². The topological polar surface area (TPSA) is 69.0 Å². The molecule has 1 aromatic carbocycles. The Hall–Kier alpha value is -1.73. The Kier molecular flexibility index (Phi) is 3.31. The fraction of sp³-hybridized carbons (Fsp3) is 0.182. The Balaban J connectivity index is 1.72. The molecule has 2 aromatic rings. The molecule has 0 aliphatic carbocycles. The molecule has 2 heterocycles. The maximum atomic E-state index is 11.3. The van der Waals surface area contributed by atoms with E-state index in [0.29, 0.717) is 27.5 Å². The molecular weight excluding hydrogens is 288 g/mol. The number of nitrogens with zero attached hydrogens (tertiary/aromatic N) is 3. The van der Waals surface area contributed by atoms with Crippen LogP contribution < -0.4 is 10.2 Å². The van der Waals surface area contributed by atoms with Crippen molar-refractivity contribution in [1.29, 1.82) is 0 Å². The van der Waals surface area contributed by atoms with Crippen LogP contribution in [0.15, 0.2) is 29.4 Å². The van der Waals surface area contributed by atoms with Crippen LogP contribution in [0.25, 0.3) is 0 Å². The largest absolute Gasteiger partial charge is 0.486 e. The number of fused-ring (bicyclic) bond motifs is 1. The molecule has 1 aromatic heterocycles. The van der Waals surface area contributed by atoms with Gasteiger partial charge in [0, 0.05) is 5.02 Å². The van der Waals surface area contributed by atoms with Gasteiger partial charge in [-0.1, -0.05) is 23.4 Å². The van der Waals surface area contributed by atoms with Gasteiger partial charge >= 0.3 is 0 Å². The molecule has 8 heteroatoms. The van der Waals surface area contributed by atoms with Crippen LogP contribution in [-0.4, -0.2) is 26.5 Å². The van der Waals surface area contributed by atoms with E-state index < -0.39 is 0 Å². The van der Waals surface area contributed by atoms with Crippen LogP contribution in [0.2, 0.25) is 5.02 Å². The molecule has 0 saturated heterocycles. The van der Waals surface area contributed by atoms with E-state index in [9.17, 15) is 4.79 Å². The van der Waals surface area contributed by atoms with E-state index in [2.05, 4.69) is 15.6 Å². The highest BCUT2D eigenvalue weighted by atomic mass is 35.5. The van der Waals surface area contributed by atoms with Crippen molar-refractivity contribution in [1.82, 2.24) is 14.9 Å². The summed E-state index contributed by atoms with van der Waals surface area (Å²) in [7, 11) is 0. The molecule has 1 aliphatic rings. The molecule has 0 saturated carbocycles. The van der Waals surface area contributed by atoms with Gasteiger partial charge in [-0.3, -0.25) is 10.2 Å². The van der Waals surface area contributed by atoms with Crippen LogP contribution in [0.3, 0.4) is 0 Å². The summed E-state index contributed by atoms with van der Waals surface area (Å²) in [6.45, 7) is 0.218. The Morgan fingerprint density at radius 3 is 2.95 bits per heavy atom. The highest BCUT2D eigenvalue weighted by Crippen LogP contribution is 2.21. The number of carbonyl (C=O) groups excluding carboxylic acids is 1. The van der Waals surface area contributed by atoms with Gasteiger partial charge in [0.15, 0.2) is 5.82 Å². The quantitative estimate of drug-likeness (QED) is 0.933. The normalized spacial score (nSPS) is 13.8. The second-order valence-electron chi connectivity index (χ2n) is 3.80. The molecule has 0 atom stereocenters. The van der Waals surface area contributed by atoms with Gasteiger partial charge in [0.25, 0.3) is 0 Å². The number of benzene rings is 1. The first kappa shape index (κ1) is 12.3. The van der Waals surface area contributed by atoms with Crippen molar-refractivity contribution in [3.63, 3.8) is 0 Å². The fourth-order valence-electron chi connectivity index (χ4n) is 1.57. The minimum absolute atomic E-state index is 0.0787. The van der Waals surface area contributed by atoms with Gasteiger partial charge in [-0.05, 0) is 24.3 Å². The number of hydrogen-bond acceptors (Lipinski definition) is 5. The molecule has 0 radical (unpaired) electrons. The van der Waals surface area contributed by atoms with Crippen LogP contribution in [-0.2, 0) is 11.4 Å². The van der Waals surface area contributed by atoms with Gasteiger partial charge in [-0.15, -0.1) is 10.2 Å². The summed E-state index contributed by atoms with van der Waals surface area (Å²) in [4.78, 5) is 11.3. The van der Waals surface area contributed by atoms with E-state index in [1.165, 1.54) is 11.8 Å². The van der Waals surface area contributed by atoms with E-state index in [1.54, 1.807) is 28.9 Å². The lowest BCUT2D eigenvalue weighted by molar-refractivity contribution is -0.115. The van der Waals surface area contributed by atoms with E-state index in [1.807, 2.05) is 0 Å². The van der Waals surface area contributed by atoms with Gasteiger partial charge in [0.05, 0.1) is 5.75 Å². The predicted molar refractivity (Wildman–Crippen MR) is 70.9 cm³/mol. The summed E-state index contributed by atoms with van der Waals surface area (Å²) in [5.74, 6) is 1.50. The molecule has 0 fully saturated rings. The summed E-state index contributed by atoms with van der Waals surface area (Å²) >= 11 is 7.14. The van der Waals surface area contributed by atoms with Crippen molar-refractivity contribution < 1.29 is 9.53 Å². The third kappa shape index (κ3) is 2.66. The van der Waals surface area contributed by atoms with E-state index in [4.69, 9.17) is 16.3 Å². The zero-order valence-electron chi connectivity index (χ0n) is 9.67. The molecule has 1 amide bonds. The number of hydrogen-bond donors (Lipinski definition) is 1. The minimum Gasteiger partial charge on any atom is -0.486 e. The van der Waals surface area contributed by atoms with Gasteiger partial charge in [0.2, 0.25) is 11.1 Å². The first-order chi connectivity index (χ1) is 9.22. The fourth-order valence-corrected chi connectivity index (χ4v) is 2.39. The average Bonchev–Trinajstić information content (AvgIpc) is 2.80. The smallest absolute Gasteiger partial charge is 0.249 e. The van der Waals surface area contributed by atoms with Crippen molar-refractivity contribution in [2.24, 2.45) is 0 Å². The van der Waals surface area contributed by atoms with Crippen LogP contribution in [0.5, 0.6) is 5.75 Å². The Bertz CT molecular complexity index is 614. The second kappa shape index (κ2) is 5.10. The van der Waals surface area contributed by atoms with E-state index in [-0.39, 0.29) is 12.5 Å². The third-order valence-corrected chi connectivity index (χ3v) is 3.63. The van der Waals surface area contributed by atoms with Gasteiger partial charge in [0.1, 0.15) is 12.4 Å². The lowest BCUT2D eigenvalue weighted by Crippen LogP contribution is -2.31. The number of ether oxygens (including phenoxy) is 1. The molecule has 0 unspecified atom stereocenters. The molecule has 3 rings (SSSR count). The lowest BCUT2D eigenvalue weighted by atomic mass is 10.3. The summed E-state index contributed by atoms with van der Waals surface area (Å²) in [6.07, 6.45) is 0. The lowest BCUT2D eigenvalue weighted by Gasteiger charge is -2.15. The molecule has 1 aliphatic heterocycles. The average molecular weight is 297 g/mol. The summed E-state index contributed by atoms with van der Waals surface area (Å²) in [6, 6.07) is 7.02. The first-order valence-corrected chi connectivity index (χ1v) is 6.84. The molecule has 98 valence electrons.